The van der Waals surface area contributed by atoms with E-state index in [4.69, 9.17) is 4.74 Å². The second-order valence-electron chi connectivity index (χ2n) is 9.52. The molecule has 3 aromatic rings. The molecule has 0 spiro atoms. The molecule has 2 amide bonds. The van der Waals surface area contributed by atoms with Gasteiger partial charge in [0.05, 0.1) is 6.61 Å². The molecule has 184 valence electrons. The van der Waals surface area contributed by atoms with E-state index < -0.39 is 5.41 Å². The molecule has 5 heteroatoms. The number of nitrogens with zero attached hydrogens (tertiary/aromatic N) is 1. The number of benzene rings is 3. The van der Waals surface area contributed by atoms with Gasteiger partial charge in [-0.05, 0) is 81.1 Å². The van der Waals surface area contributed by atoms with Crippen molar-refractivity contribution in [2.45, 2.75) is 47.5 Å². The number of anilines is 2. The minimum atomic E-state index is -0.579. The molecule has 0 aliphatic carbocycles. The van der Waals surface area contributed by atoms with Gasteiger partial charge in [0.15, 0.2) is 0 Å². The summed E-state index contributed by atoms with van der Waals surface area (Å²) >= 11 is 0. The summed E-state index contributed by atoms with van der Waals surface area (Å²) in [5, 5.41) is 3.00. The van der Waals surface area contributed by atoms with Gasteiger partial charge >= 0.3 is 0 Å². The average molecular weight is 473 g/mol. The van der Waals surface area contributed by atoms with Crippen LogP contribution < -0.4 is 15.0 Å². The molecule has 1 N–H and O–H groups in total. The van der Waals surface area contributed by atoms with Crippen LogP contribution in [0.2, 0.25) is 0 Å². The molecule has 0 radical (unpaired) electrons. The lowest BCUT2D eigenvalue weighted by molar-refractivity contribution is -0.124. The molecule has 0 fully saturated rings. The molecule has 0 bridgehead atoms. The van der Waals surface area contributed by atoms with Crippen LogP contribution in [0.3, 0.4) is 0 Å². The van der Waals surface area contributed by atoms with E-state index in [9.17, 15) is 9.59 Å². The molecule has 3 rings (SSSR count). The molecule has 0 aliphatic heterocycles. The van der Waals surface area contributed by atoms with Crippen molar-refractivity contribution in [3.8, 4) is 5.75 Å². The third-order valence-electron chi connectivity index (χ3n) is 6.16. The van der Waals surface area contributed by atoms with Crippen LogP contribution in [0.15, 0.2) is 72.8 Å². The first kappa shape index (κ1) is 26.0. The second-order valence-corrected chi connectivity index (χ2v) is 9.52. The zero-order chi connectivity index (χ0) is 25.4. The molecule has 3 aromatic carbocycles. The van der Waals surface area contributed by atoms with E-state index in [-0.39, 0.29) is 11.8 Å². The highest BCUT2D eigenvalue weighted by Gasteiger charge is 2.27. The van der Waals surface area contributed by atoms with Gasteiger partial charge in [0.2, 0.25) is 5.91 Å². The van der Waals surface area contributed by atoms with E-state index in [1.807, 2.05) is 77.1 Å². The Bertz CT molecular complexity index is 1160. The van der Waals surface area contributed by atoms with Gasteiger partial charge in [0, 0.05) is 28.9 Å². The van der Waals surface area contributed by atoms with E-state index >= 15 is 0 Å². The predicted molar refractivity (Wildman–Crippen MR) is 143 cm³/mol. The van der Waals surface area contributed by atoms with E-state index in [0.29, 0.717) is 30.8 Å². The number of hydrogen-bond donors (Lipinski definition) is 1. The largest absolute Gasteiger partial charge is 0.493 e. The van der Waals surface area contributed by atoms with E-state index in [2.05, 4.69) is 17.4 Å². The number of hydrogen-bond acceptors (Lipinski definition) is 3. The normalized spacial score (nSPS) is 11.1. The number of carbonyl (C=O) groups is 2. The molecule has 0 aromatic heterocycles. The summed E-state index contributed by atoms with van der Waals surface area (Å²) in [5.41, 5.74) is 3.69. The summed E-state index contributed by atoms with van der Waals surface area (Å²) in [6, 6.07) is 22.9. The van der Waals surface area contributed by atoms with E-state index in [1.54, 1.807) is 23.1 Å². The highest BCUT2D eigenvalue weighted by Crippen LogP contribution is 2.26. The van der Waals surface area contributed by atoms with Crippen molar-refractivity contribution in [2.75, 3.05) is 23.4 Å². The molecule has 0 saturated carbocycles. The van der Waals surface area contributed by atoms with Crippen molar-refractivity contribution in [3.05, 3.63) is 89.5 Å². The van der Waals surface area contributed by atoms with Gasteiger partial charge in [-0.1, -0.05) is 50.2 Å². The first-order valence-corrected chi connectivity index (χ1v) is 12.2. The lowest BCUT2D eigenvalue weighted by Gasteiger charge is -2.24. The monoisotopic (exact) mass is 472 g/mol. The zero-order valence-corrected chi connectivity index (χ0v) is 21.4. The molecule has 0 aliphatic rings. The van der Waals surface area contributed by atoms with Gasteiger partial charge in [0.1, 0.15) is 5.75 Å². The molecule has 0 atom stereocenters. The minimum Gasteiger partial charge on any atom is -0.493 e. The van der Waals surface area contributed by atoms with Gasteiger partial charge in [-0.15, -0.1) is 0 Å². The van der Waals surface area contributed by atoms with Crippen LogP contribution in [0.25, 0.3) is 0 Å². The molecule has 0 heterocycles. The standard InChI is InChI=1S/C30H36N2O3/c1-6-32(26-14-8-7-9-15-26)28(33)24-12-10-13-25(21-24)31-29(34)30(4,5)18-11-19-35-27-20-22(2)16-17-23(27)3/h7-10,12-17,20-21H,6,11,18-19H2,1-5H3,(H,31,34). The van der Waals surface area contributed by atoms with Crippen LogP contribution in [-0.2, 0) is 4.79 Å². The Morgan fingerprint density at radius 1 is 0.943 bits per heavy atom. The Morgan fingerprint density at radius 2 is 1.69 bits per heavy atom. The van der Waals surface area contributed by atoms with Crippen LogP contribution >= 0.6 is 0 Å². The summed E-state index contributed by atoms with van der Waals surface area (Å²) in [4.78, 5) is 27.9. The van der Waals surface area contributed by atoms with Gasteiger partial charge < -0.3 is 15.0 Å². The van der Waals surface area contributed by atoms with E-state index in [0.717, 1.165) is 29.0 Å². The predicted octanol–water partition coefficient (Wildman–Crippen LogP) is 6.79. The average Bonchev–Trinajstić information content (AvgIpc) is 2.85. The zero-order valence-electron chi connectivity index (χ0n) is 21.4. The summed E-state index contributed by atoms with van der Waals surface area (Å²) in [7, 11) is 0. The van der Waals surface area contributed by atoms with Crippen molar-refractivity contribution in [2.24, 2.45) is 5.41 Å². The van der Waals surface area contributed by atoms with Crippen molar-refractivity contribution in [3.63, 3.8) is 0 Å². The Hall–Kier alpha value is -3.60. The Morgan fingerprint density at radius 3 is 2.40 bits per heavy atom. The number of ether oxygens (including phenoxy) is 1. The molecule has 0 unspecified atom stereocenters. The fraction of sp³-hybridized carbons (Fsp3) is 0.333. The van der Waals surface area contributed by atoms with Crippen LogP contribution in [0, 0.1) is 19.3 Å². The first-order valence-electron chi connectivity index (χ1n) is 12.2. The van der Waals surface area contributed by atoms with Gasteiger partial charge in [-0.3, -0.25) is 9.59 Å². The maximum absolute atomic E-state index is 13.1. The SMILES string of the molecule is CCN(C(=O)c1cccc(NC(=O)C(C)(C)CCCOc2cc(C)ccc2C)c1)c1ccccc1. The van der Waals surface area contributed by atoms with Crippen molar-refractivity contribution < 1.29 is 14.3 Å². The fourth-order valence-electron chi connectivity index (χ4n) is 3.91. The molecular formula is C30H36N2O3. The van der Waals surface area contributed by atoms with Crippen LogP contribution in [0.4, 0.5) is 11.4 Å². The summed E-state index contributed by atoms with van der Waals surface area (Å²) < 4.78 is 5.95. The fourth-order valence-corrected chi connectivity index (χ4v) is 3.91. The molecule has 35 heavy (non-hydrogen) atoms. The van der Waals surface area contributed by atoms with Crippen molar-refractivity contribution >= 4 is 23.2 Å². The summed E-state index contributed by atoms with van der Waals surface area (Å²) in [6.07, 6.45) is 1.44. The Balaban J connectivity index is 1.59. The van der Waals surface area contributed by atoms with Crippen molar-refractivity contribution in [1.29, 1.82) is 0 Å². The maximum atomic E-state index is 13.1. The number of nitrogens with one attached hydrogen (secondary N) is 1. The van der Waals surface area contributed by atoms with Crippen LogP contribution in [0.1, 0.15) is 55.1 Å². The quantitative estimate of drug-likeness (QED) is 0.330. The molecular weight excluding hydrogens is 436 g/mol. The minimum absolute atomic E-state index is 0.0794. The third kappa shape index (κ3) is 6.95. The van der Waals surface area contributed by atoms with Crippen LogP contribution in [-0.4, -0.2) is 25.0 Å². The van der Waals surface area contributed by atoms with Crippen LogP contribution in [0.5, 0.6) is 5.75 Å². The Labute approximate surface area is 209 Å². The van der Waals surface area contributed by atoms with Gasteiger partial charge in [-0.25, -0.2) is 0 Å². The number of carbonyl (C=O) groups excluding carboxylic acids is 2. The lowest BCUT2D eigenvalue weighted by Crippen LogP contribution is -2.32. The molecule has 0 saturated heterocycles. The van der Waals surface area contributed by atoms with Crippen molar-refractivity contribution in [1.82, 2.24) is 0 Å². The topological polar surface area (TPSA) is 58.6 Å². The second kappa shape index (κ2) is 11.7. The number of rotatable bonds is 10. The highest BCUT2D eigenvalue weighted by molar-refractivity contribution is 6.07. The number of aryl methyl sites for hydroxylation is 2. The van der Waals surface area contributed by atoms with Gasteiger partial charge in [0.25, 0.3) is 5.91 Å². The number of para-hydroxylation sites is 1. The summed E-state index contributed by atoms with van der Waals surface area (Å²) in [5.74, 6) is 0.715. The third-order valence-corrected chi connectivity index (χ3v) is 6.16. The smallest absolute Gasteiger partial charge is 0.258 e. The van der Waals surface area contributed by atoms with E-state index in [1.165, 1.54) is 0 Å². The highest BCUT2D eigenvalue weighted by atomic mass is 16.5. The number of amides is 2. The molecule has 5 nitrogen and oxygen atoms in total. The Kier molecular flexibility index (Phi) is 8.69. The summed E-state index contributed by atoms with van der Waals surface area (Å²) in [6.45, 7) is 11.0. The first-order chi connectivity index (χ1) is 16.7. The van der Waals surface area contributed by atoms with Gasteiger partial charge in [-0.2, -0.15) is 0 Å². The maximum Gasteiger partial charge on any atom is 0.258 e. The lowest BCUT2D eigenvalue weighted by atomic mass is 9.87.